The molecule has 4 heteroatoms. The fourth-order valence-electron chi connectivity index (χ4n) is 4.04. The van der Waals surface area contributed by atoms with Gasteiger partial charge in [0.05, 0.1) is 0 Å². The number of nitrogens with zero attached hydrogens (tertiary/aromatic N) is 1. The second-order valence-corrected chi connectivity index (χ2v) is 6.12. The summed E-state index contributed by atoms with van der Waals surface area (Å²) in [5.41, 5.74) is 3.37. The van der Waals surface area contributed by atoms with E-state index in [1.807, 2.05) is 6.07 Å². The Bertz CT molecular complexity index is 555. The van der Waals surface area contributed by atoms with Crippen LogP contribution in [0.3, 0.4) is 0 Å². The molecule has 0 radical (unpaired) electrons. The molecule has 2 N–H and O–H groups in total. The van der Waals surface area contributed by atoms with Crippen molar-refractivity contribution in [3.8, 4) is 5.75 Å². The molecule has 1 aliphatic carbocycles. The van der Waals surface area contributed by atoms with Crippen LogP contribution in [0.4, 0.5) is 0 Å². The maximum absolute atomic E-state index is 11.4. The summed E-state index contributed by atoms with van der Waals surface area (Å²) < 4.78 is 0. The Hall–Kier alpha value is -1.55. The highest BCUT2D eigenvalue weighted by molar-refractivity contribution is 5.74. The van der Waals surface area contributed by atoms with Gasteiger partial charge >= 0.3 is 5.97 Å². The van der Waals surface area contributed by atoms with E-state index in [4.69, 9.17) is 0 Å². The van der Waals surface area contributed by atoms with Crippen LogP contribution in [0.15, 0.2) is 12.1 Å². The molecule has 1 aromatic carbocycles. The smallest absolute Gasteiger partial charge is 0.320 e. The minimum atomic E-state index is -0.740. The van der Waals surface area contributed by atoms with Crippen LogP contribution in [0, 0.1) is 6.92 Å². The molecule has 1 saturated heterocycles. The van der Waals surface area contributed by atoms with E-state index >= 15 is 0 Å². The molecule has 0 bridgehead atoms. The molecule has 1 aromatic rings. The summed E-state index contributed by atoms with van der Waals surface area (Å²) in [7, 11) is 0. The molecule has 3 unspecified atom stereocenters. The van der Waals surface area contributed by atoms with Crippen LogP contribution >= 0.6 is 0 Å². The van der Waals surface area contributed by atoms with Gasteiger partial charge in [0.15, 0.2) is 0 Å². The average molecular weight is 275 g/mol. The Balaban J connectivity index is 2.03. The number of carboxylic acid groups (broad SMARTS) is 1. The van der Waals surface area contributed by atoms with Crippen molar-refractivity contribution in [2.45, 2.75) is 51.1 Å². The number of benzene rings is 1. The Morgan fingerprint density at radius 3 is 2.80 bits per heavy atom. The van der Waals surface area contributed by atoms with Gasteiger partial charge in [0.2, 0.25) is 0 Å². The van der Waals surface area contributed by atoms with Crippen molar-refractivity contribution in [2.24, 2.45) is 0 Å². The summed E-state index contributed by atoms with van der Waals surface area (Å²) in [6.07, 6.45) is 2.53. The number of carboxylic acids is 1. The normalized spacial score (nSPS) is 29.6. The lowest BCUT2D eigenvalue weighted by Gasteiger charge is -2.29. The fraction of sp³-hybridized carbons (Fsp3) is 0.562. The molecule has 1 fully saturated rings. The number of aryl methyl sites for hydroxylation is 1. The largest absolute Gasteiger partial charge is 0.508 e. The second kappa shape index (κ2) is 4.77. The number of carbonyl (C=O) groups is 1. The highest BCUT2D eigenvalue weighted by Crippen LogP contribution is 2.50. The zero-order chi connectivity index (χ0) is 14.4. The molecule has 0 spiro atoms. The number of fused-ring (bicyclic) bond motifs is 1. The Labute approximate surface area is 119 Å². The first-order valence-corrected chi connectivity index (χ1v) is 7.31. The SMILES string of the molecule is Cc1ccc(O)c2c1C(C)CC2N1CCCC1C(=O)O. The van der Waals surface area contributed by atoms with Crippen LogP contribution in [0.2, 0.25) is 0 Å². The van der Waals surface area contributed by atoms with E-state index in [0.29, 0.717) is 18.1 Å². The topological polar surface area (TPSA) is 60.8 Å². The van der Waals surface area contributed by atoms with Gasteiger partial charge in [-0.15, -0.1) is 0 Å². The van der Waals surface area contributed by atoms with Gasteiger partial charge in [-0.2, -0.15) is 0 Å². The van der Waals surface area contributed by atoms with Crippen LogP contribution in [-0.2, 0) is 4.79 Å². The summed E-state index contributed by atoms with van der Waals surface area (Å²) in [5, 5.41) is 19.6. The minimum Gasteiger partial charge on any atom is -0.508 e. The van der Waals surface area contributed by atoms with Crippen molar-refractivity contribution in [2.75, 3.05) is 6.54 Å². The Morgan fingerprint density at radius 1 is 1.35 bits per heavy atom. The van der Waals surface area contributed by atoms with E-state index in [1.54, 1.807) is 6.07 Å². The molecule has 0 aromatic heterocycles. The monoisotopic (exact) mass is 275 g/mol. The summed E-state index contributed by atoms with van der Waals surface area (Å²) in [5.74, 6) is -0.0520. The maximum atomic E-state index is 11.4. The quantitative estimate of drug-likeness (QED) is 0.871. The van der Waals surface area contributed by atoms with Crippen LogP contribution in [0.1, 0.15) is 54.8 Å². The van der Waals surface area contributed by atoms with E-state index < -0.39 is 12.0 Å². The van der Waals surface area contributed by atoms with Crippen LogP contribution in [0.5, 0.6) is 5.75 Å². The molecule has 0 amide bonds. The number of rotatable bonds is 2. The fourth-order valence-corrected chi connectivity index (χ4v) is 4.04. The van der Waals surface area contributed by atoms with Crippen LogP contribution in [0.25, 0.3) is 0 Å². The third kappa shape index (κ3) is 1.90. The van der Waals surface area contributed by atoms with Crippen LogP contribution in [-0.4, -0.2) is 33.7 Å². The molecule has 0 saturated carbocycles. The summed E-state index contributed by atoms with van der Waals surface area (Å²) in [6, 6.07) is 3.33. The van der Waals surface area contributed by atoms with Gasteiger partial charge in [-0.25, -0.2) is 0 Å². The van der Waals surface area contributed by atoms with Crippen LogP contribution < -0.4 is 0 Å². The summed E-state index contributed by atoms with van der Waals surface area (Å²) in [6.45, 7) is 5.04. The summed E-state index contributed by atoms with van der Waals surface area (Å²) >= 11 is 0. The number of phenolic OH excluding ortho intramolecular Hbond substituents is 1. The highest BCUT2D eigenvalue weighted by Gasteiger charge is 2.42. The predicted molar refractivity (Wildman–Crippen MR) is 76.0 cm³/mol. The lowest BCUT2D eigenvalue weighted by atomic mass is 9.97. The predicted octanol–water partition coefficient (Wildman–Crippen LogP) is 2.80. The van der Waals surface area contributed by atoms with Crippen molar-refractivity contribution >= 4 is 5.97 Å². The molecule has 3 rings (SSSR count). The van der Waals surface area contributed by atoms with Gasteiger partial charge < -0.3 is 10.2 Å². The van der Waals surface area contributed by atoms with Crippen molar-refractivity contribution in [3.05, 3.63) is 28.8 Å². The summed E-state index contributed by atoms with van der Waals surface area (Å²) in [4.78, 5) is 13.5. The lowest BCUT2D eigenvalue weighted by Crippen LogP contribution is -2.38. The number of hydrogen-bond acceptors (Lipinski definition) is 3. The number of hydrogen-bond donors (Lipinski definition) is 2. The Morgan fingerprint density at radius 2 is 2.10 bits per heavy atom. The second-order valence-electron chi connectivity index (χ2n) is 6.12. The number of likely N-dealkylation sites (tertiary alicyclic amines) is 1. The van der Waals surface area contributed by atoms with Gasteiger partial charge in [-0.3, -0.25) is 9.69 Å². The van der Waals surface area contributed by atoms with E-state index in [-0.39, 0.29) is 6.04 Å². The highest BCUT2D eigenvalue weighted by atomic mass is 16.4. The zero-order valence-electron chi connectivity index (χ0n) is 12.0. The first-order chi connectivity index (χ1) is 9.50. The van der Waals surface area contributed by atoms with Crippen molar-refractivity contribution in [1.29, 1.82) is 0 Å². The standard InChI is InChI=1S/C16H21NO3/c1-9-5-6-13(18)15-12(8-10(2)14(9)15)17-7-3-4-11(17)16(19)20/h5-6,10-12,18H,3-4,7-8H2,1-2H3,(H,19,20). The Kier molecular flexibility index (Phi) is 3.21. The molecule has 1 aliphatic heterocycles. The number of aromatic hydroxyl groups is 1. The van der Waals surface area contributed by atoms with Crippen molar-refractivity contribution in [1.82, 2.24) is 4.90 Å². The van der Waals surface area contributed by atoms with Gasteiger partial charge in [-0.1, -0.05) is 13.0 Å². The van der Waals surface area contributed by atoms with E-state index in [1.165, 1.54) is 11.1 Å². The number of aliphatic carboxylic acids is 1. The van der Waals surface area contributed by atoms with Crippen molar-refractivity contribution < 1.29 is 15.0 Å². The zero-order valence-corrected chi connectivity index (χ0v) is 12.0. The van der Waals surface area contributed by atoms with E-state index in [0.717, 1.165) is 24.9 Å². The van der Waals surface area contributed by atoms with Gasteiger partial charge in [0.25, 0.3) is 0 Å². The molecular weight excluding hydrogens is 254 g/mol. The number of phenols is 1. The molecule has 20 heavy (non-hydrogen) atoms. The van der Waals surface area contributed by atoms with Gasteiger partial charge in [-0.05, 0) is 55.8 Å². The molecule has 108 valence electrons. The minimum absolute atomic E-state index is 0.0449. The lowest BCUT2D eigenvalue weighted by molar-refractivity contribution is -0.143. The molecule has 1 heterocycles. The van der Waals surface area contributed by atoms with Crippen molar-refractivity contribution in [3.63, 3.8) is 0 Å². The van der Waals surface area contributed by atoms with Gasteiger partial charge in [0.1, 0.15) is 11.8 Å². The van der Waals surface area contributed by atoms with E-state index in [9.17, 15) is 15.0 Å². The molecule has 4 nitrogen and oxygen atoms in total. The first-order valence-electron chi connectivity index (χ1n) is 7.31. The van der Waals surface area contributed by atoms with E-state index in [2.05, 4.69) is 18.7 Å². The van der Waals surface area contributed by atoms with Gasteiger partial charge in [0, 0.05) is 11.6 Å². The maximum Gasteiger partial charge on any atom is 0.320 e. The molecule has 3 atom stereocenters. The third-order valence-corrected chi connectivity index (χ3v) is 4.86. The first kappa shape index (κ1) is 13.4. The molecular formula is C16H21NO3. The third-order valence-electron chi connectivity index (χ3n) is 4.86. The molecule has 2 aliphatic rings. The average Bonchev–Trinajstić information content (AvgIpc) is 2.98.